The molecule has 3 rings (SSSR count). The summed E-state index contributed by atoms with van der Waals surface area (Å²) in [5, 5.41) is 5.73. The Morgan fingerprint density at radius 3 is 2.14 bits per heavy atom. The van der Waals surface area contributed by atoms with E-state index >= 15 is 0 Å². The van der Waals surface area contributed by atoms with E-state index in [0.717, 1.165) is 18.8 Å². The number of hydrogen-bond donors (Lipinski definition) is 2. The van der Waals surface area contributed by atoms with Gasteiger partial charge in [-0.25, -0.2) is 0 Å². The maximum Gasteiger partial charge on any atom is 0.255 e. The van der Waals surface area contributed by atoms with Crippen LogP contribution in [0.15, 0.2) is 48.5 Å². The van der Waals surface area contributed by atoms with Gasteiger partial charge >= 0.3 is 0 Å². The number of anilines is 2. The van der Waals surface area contributed by atoms with Crippen molar-refractivity contribution in [3.8, 4) is 5.75 Å². The molecule has 7 nitrogen and oxygen atoms in total. The van der Waals surface area contributed by atoms with Crippen LogP contribution < -0.4 is 15.4 Å². The van der Waals surface area contributed by atoms with Gasteiger partial charge in [0.1, 0.15) is 5.75 Å². The predicted molar refractivity (Wildman–Crippen MR) is 112 cm³/mol. The largest absolute Gasteiger partial charge is 0.491 e. The van der Waals surface area contributed by atoms with Gasteiger partial charge in [0.15, 0.2) is 0 Å². The number of nitrogens with one attached hydrogen (secondary N) is 2. The maximum atomic E-state index is 12.4. The first kappa shape index (κ1) is 20.8. The number of carbonyl (C=O) groups excluding carboxylic acids is 2. The highest BCUT2D eigenvalue weighted by Crippen LogP contribution is 2.17. The number of ether oxygens (including phenoxy) is 2. The van der Waals surface area contributed by atoms with Crippen molar-refractivity contribution in [1.29, 1.82) is 0 Å². The summed E-state index contributed by atoms with van der Waals surface area (Å²) in [6.45, 7) is 7.11. The standard InChI is InChI=1S/C22H27N3O4/c1-16(2)29-20-9-3-17(4-10-20)22(27)24-19-7-5-18(6-8-19)23-21(26)15-25-11-13-28-14-12-25/h3-10,16H,11-15H2,1-2H3,(H,23,26)(H,24,27). The maximum absolute atomic E-state index is 12.4. The summed E-state index contributed by atoms with van der Waals surface area (Å²) in [6.07, 6.45) is 0.0857. The molecule has 2 N–H and O–H groups in total. The van der Waals surface area contributed by atoms with Crippen molar-refractivity contribution < 1.29 is 19.1 Å². The van der Waals surface area contributed by atoms with Gasteiger partial charge in [0.25, 0.3) is 5.91 Å². The topological polar surface area (TPSA) is 79.9 Å². The third-order valence-corrected chi connectivity index (χ3v) is 4.39. The van der Waals surface area contributed by atoms with Crippen LogP contribution in [0.5, 0.6) is 5.75 Å². The smallest absolute Gasteiger partial charge is 0.255 e. The van der Waals surface area contributed by atoms with Crippen LogP contribution in [-0.4, -0.2) is 55.7 Å². The molecule has 154 valence electrons. The number of carbonyl (C=O) groups is 2. The molecule has 0 bridgehead atoms. The predicted octanol–water partition coefficient (Wildman–Crippen LogP) is 3.00. The van der Waals surface area contributed by atoms with Gasteiger partial charge in [-0.1, -0.05) is 0 Å². The van der Waals surface area contributed by atoms with E-state index in [4.69, 9.17) is 9.47 Å². The Bertz CT molecular complexity index is 813. The van der Waals surface area contributed by atoms with E-state index in [-0.39, 0.29) is 17.9 Å². The lowest BCUT2D eigenvalue weighted by atomic mass is 10.2. The second-order valence-corrected chi connectivity index (χ2v) is 7.16. The molecule has 2 aromatic rings. The summed E-state index contributed by atoms with van der Waals surface area (Å²) < 4.78 is 10.9. The fourth-order valence-corrected chi connectivity index (χ4v) is 2.96. The Hall–Kier alpha value is -2.90. The Balaban J connectivity index is 1.50. The minimum Gasteiger partial charge on any atom is -0.491 e. The minimum absolute atomic E-state index is 0.0626. The van der Waals surface area contributed by atoms with Crippen molar-refractivity contribution in [2.24, 2.45) is 0 Å². The Labute approximate surface area is 171 Å². The zero-order valence-electron chi connectivity index (χ0n) is 16.8. The van der Waals surface area contributed by atoms with E-state index in [0.29, 0.717) is 36.7 Å². The number of amides is 2. The van der Waals surface area contributed by atoms with Crippen LogP contribution in [-0.2, 0) is 9.53 Å². The van der Waals surface area contributed by atoms with Gasteiger partial charge in [-0.3, -0.25) is 14.5 Å². The molecule has 0 aromatic heterocycles. The number of hydrogen-bond acceptors (Lipinski definition) is 5. The average Bonchev–Trinajstić information content (AvgIpc) is 2.70. The third-order valence-electron chi connectivity index (χ3n) is 4.39. The lowest BCUT2D eigenvalue weighted by molar-refractivity contribution is -0.118. The molecule has 2 amide bonds. The van der Waals surface area contributed by atoms with E-state index in [1.165, 1.54) is 0 Å². The van der Waals surface area contributed by atoms with E-state index in [1.54, 1.807) is 48.5 Å². The van der Waals surface area contributed by atoms with Crippen LogP contribution in [0.1, 0.15) is 24.2 Å². The fourth-order valence-electron chi connectivity index (χ4n) is 2.96. The van der Waals surface area contributed by atoms with Crippen LogP contribution in [0.3, 0.4) is 0 Å². The molecule has 29 heavy (non-hydrogen) atoms. The second kappa shape index (κ2) is 10.0. The van der Waals surface area contributed by atoms with Gasteiger partial charge in [-0.2, -0.15) is 0 Å². The summed E-state index contributed by atoms with van der Waals surface area (Å²) in [5.74, 6) is 0.464. The van der Waals surface area contributed by atoms with Gasteiger partial charge in [-0.15, -0.1) is 0 Å². The summed E-state index contributed by atoms with van der Waals surface area (Å²) in [7, 11) is 0. The molecule has 0 spiro atoms. The van der Waals surface area contributed by atoms with Crippen LogP contribution in [0.2, 0.25) is 0 Å². The molecule has 2 aromatic carbocycles. The Kier molecular flexibility index (Phi) is 7.21. The van der Waals surface area contributed by atoms with Gasteiger partial charge in [0.2, 0.25) is 5.91 Å². The SMILES string of the molecule is CC(C)Oc1ccc(C(=O)Nc2ccc(NC(=O)CN3CCOCC3)cc2)cc1. The zero-order chi connectivity index (χ0) is 20.6. The molecule has 0 aliphatic carbocycles. The van der Waals surface area contributed by atoms with Crippen molar-refractivity contribution in [1.82, 2.24) is 4.90 Å². The van der Waals surface area contributed by atoms with Crippen molar-refractivity contribution in [3.63, 3.8) is 0 Å². The van der Waals surface area contributed by atoms with Crippen LogP contribution in [0, 0.1) is 0 Å². The molecular formula is C22H27N3O4. The molecule has 0 radical (unpaired) electrons. The normalized spacial score (nSPS) is 14.4. The first-order valence-corrected chi connectivity index (χ1v) is 9.78. The highest BCUT2D eigenvalue weighted by Gasteiger charge is 2.14. The molecule has 7 heteroatoms. The number of nitrogens with zero attached hydrogens (tertiary/aromatic N) is 1. The lowest BCUT2D eigenvalue weighted by Crippen LogP contribution is -2.41. The minimum atomic E-state index is -0.204. The quantitative estimate of drug-likeness (QED) is 0.751. The second-order valence-electron chi connectivity index (χ2n) is 7.16. The monoisotopic (exact) mass is 397 g/mol. The van der Waals surface area contributed by atoms with Gasteiger partial charge in [-0.05, 0) is 62.4 Å². The van der Waals surface area contributed by atoms with Gasteiger partial charge < -0.3 is 20.1 Å². The number of rotatable bonds is 7. The molecule has 0 atom stereocenters. The number of benzene rings is 2. The van der Waals surface area contributed by atoms with Crippen molar-refractivity contribution >= 4 is 23.2 Å². The third kappa shape index (κ3) is 6.58. The molecule has 1 heterocycles. The van der Waals surface area contributed by atoms with E-state index in [2.05, 4.69) is 15.5 Å². The highest BCUT2D eigenvalue weighted by atomic mass is 16.5. The lowest BCUT2D eigenvalue weighted by Gasteiger charge is -2.25. The van der Waals surface area contributed by atoms with Crippen molar-refractivity contribution in [2.75, 3.05) is 43.5 Å². The molecule has 1 fully saturated rings. The molecule has 0 unspecified atom stereocenters. The van der Waals surface area contributed by atoms with Crippen LogP contribution in [0.25, 0.3) is 0 Å². The summed E-state index contributed by atoms with van der Waals surface area (Å²) in [4.78, 5) is 26.6. The first-order chi connectivity index (χ1) is 14.0. The Morgan fingerprint density at radius 2 is 1.55 bits per heavy atom. The van der Waals surface area contributed by atoms with Gasteiger partial charge in [0.05, 0.1) is 25.9 Å². The average molecular weight is 397 g/mol. The first-order valence-electron chi connectivity index (χ1n) is 9.78. The summed E-state index contributed by atoms with van der Waals surface area (Å²) in [5.41, 5.74) is 1.89. The summed E-state index contributed by atoms with van der Waals surface area (Å²) >= 11 is 0. The molecule has 1 aliphatic rings. The number of morpholine rings is 1. The van der Waals surface area contributed by atoms with Crippen LogP contribution >= 0.6 is 0 Å². The van der Waals surface area contributed by atoms with Crippen LogP contribution in [0.4, 0.5) is 11.4 Å². The van der Waals surface area contributed by atoms with E-state index in [1.807, 2.05) is 13.8 Å². The summed E-state index contributed by atoms with van der Waals surface area (Å²) in [6, 6.07) is 14.1. The fraction of sp³-hybridized carbons (Fsp3) is 0.364. The van der Waals surface area contributed by atoms with Gasteiger partial charge in [0, 0.05) is 30.0 Å². The molecule has 1 aliphatic heterocycles. The van der Waals surface area contributed by atoms with Crippen molar-refractivity contribution in [2.45, 2.75) is 20.0 Å². The molecular weight excluding hydrogens is 370 g/mol. The Morgan fingerprint density at radius 1 is 0.966 bits per heavy atom. The highest BCUT2D eigenvalue weighted by molar-refractivity contribution is 6.04. The van der Waals surface area contributed by atoms with Crippen molar-refractivity contribution in [3.05, 3.63) is 54.1 Å². The zero-order valence-corrected chi connectivity index (χ0v) is 16.8. The van der Waals surface area contributed by atoms with E-state index in [9.17, 15) is 9.59 Å². The molecule has 1 saturated heterocycles. The molecule has 0 saturated carbocycles. The van der Waals surface area contributed by atoms with E-state index < -0.39 is 0 Å².